The molecule has 0 aliphatic carbocycles. The number of quaternary nitrogens is 1. The number of hydrogen-bond acceptors (Lipinski definition) is 4. The minimum Gasteiger partial charge on any atom is -0.360 e. The van der Waals surface area contributed by atoms with Crippen LogP contribution in [0.1, 0.15) is 12.0 Å². The number of amides is 1. The fourth-order valence-corrected chi connectivity index (χ4v) is 5.25. The van der Waals surface area contributed by atoms with E-state index in [-0.39, 0.29) is 23.5 Å². The molecule has 6 nitrogen and oxygen atoms in total. The van der Waals surface area contributed by atoms with E-state index in [9.17, 15) is 13.2 Å². The van der Waals surface area contributed by atoms with Crippen molar-refractivity contribution in [3.8, 4) is 0 Å². The van der Waals surface area contributed by atoms with Gasteiger partial charge >= 0.3 is 0 Å². The van der Waals surface area contributed by atoms with Crippen LogP contribution in [0.2, 0.25) is 0 Å². The highest BCUT2D eigenvalue weighted by atomic mass is 32.2. The molecular formula is C17H26N3O3S+. The second-order valence-electron chi connectivity index (χ2n) is 6.87. The topological polar surface area (TPSA) is 70.9 Å². The monoisotopic (exact) mass is 352 g/mol. The Kier molecular flexibility index (Phi) is 5.10. The molecule has 1 aromatic carbocycles. The van der Waals surface area contributed by atoms with Crippen LogP contribution in [0.5, 0.6) is 0 Å². The minimum atomic E-state index is -2.94. The van der Waals surface area contributed by atoms with E-state index in [1.54, 1.807) is 0 Å². The van der Waals surface area contributed by atoms with Gasteiger partial charge in [0, 0.05) is 11.7 Å². The Morgan fingerprint density at radius 1 is 1.29 bits per heavy atom. The zero-order valence-corrected chi connectivity index (χ0v) is 14.9. The normalized spacial score (nSPS) is 24.0. The van der Waals surface area contributed by atoms with Crippen LogP contribution < -0.4 is 15.1 Å². The summed E-state index contributed by atoms with van der Waals surface area (Å²) in [6, 6.07) is 8.18. The lowest BCUT2D eigenvalue weighted by atomic mass is 10.1. The van der Waals surface area contributed by atoms with E-state index in [4.69, 9.17) is 0 Å². The number of nitrogens with one attached hydrogen (secondary N) is 2. The first-order valence-corrected chi connectivity index (χ1v) is 10.4. The van der Waals surface area contributed by atoms with Gasteiger partial charge in [-0.3, -0.25) is 4.79 Å². The number of hydrogen-bond donors (Lipinski definition) is 2. The molecule has 0 bridgehead atoms. The van der Waals surface area contributed by atoms with Crippen LogP contribution in [-0.2, 0) is 14.6 Å². The molecular weight excluding hydrogens is 326 g/mol. The first-order chi connectivity index (χ1) is 11.4. The highest BCUT2D eigenvalue weighted by Crippen LogP contribution is 2.18. The zero-order chi connectivity index (χ0) is 17.2. The van der Waals surface area contributed by atoms with Gasteiger partial charge in [0.2, 0.25) is 0 Å². The Bertz CT molecular complexity index is 697. The number of carbonyl (C=O) groups excluding carboxylic acids is 1. The molecule has 0 radical (unpaired) electrons. The molecule has 2 aliphatic rings. The van der Waals surface area contributed by atoms with Crippen LogP contribution in [0.15, 0.2) is 24.3 Å². The van der Waals surface area contributed by atoms with E-state index >= 15 is 0 Å². The van der Waals surface area contributed by atoms with Gasteiger partial charge in [0.05, 0.1) is 37.7 Å². The van der Waals surface area contributed by atoms with Gasteiger partial charge in [-0.25, -0.2) is 8.42 Å². The molecule has 132 valence electrons. The van der Waals surface area contributed by atoms with Crippen LogP contribution in [0.25, 0.3) is 0 Å². The van der Waals surface area contributed by atoms with Gasteiger partial charge in [0.1, 0.15) is 0 Å². The number of benzene rings is 1. The van der Waals surface area contributed by atoms with Crippen molar-refractivity contribution in [1.82, 2.24) is 5.32 Å². The Morgan fingerprint density at radius 2 is 2.00 bits per heavy atom. The van der Waals surface area contributed by atoms with E-state index in [1.165, 1.54) is 16.2 Å². The highest BCUT2D eigenvalue weighted by molar-refractivity contribution is 7.91. The number of carbonyl (C=O) groups is 1. The number of rotatable bonds is 4. The first-order valence-electron chi connectivity index (χ1n) is 8.57. The number of para-hydroxylation sites is 1. The van der Waals surface area contributed by atoms with Crippen molar-refractivity contribution in [2.24, 2.45) is 0 Å². The van der Waals surface area contributed by atoms with Crippen LogP contribution in [0.3, 0.4) is 0 Å². The number of piperazine rings is 1. The molecule has 24 heavy (non-hydrogen) atoms. The molecule has 2 fully saturated rings. The average molecular weight is 352 g/mol. The molecule has 7 heteroatoms. The summed E-state index contributed by atoms with van der Waals surface area (Å²) in [6.07, 6.45) is 0.546. The molecule has 1 aromatic rings. The maximum atomic E-state index is 12.1. The van der Waals surface area contributed by atoms with Gasteiger partial charge in [-0.05, 0) is 25.0 Å². The van der Waals surface area contributed by atoms with Crippen molar-refractivity contribution in [1.29, 1.82) is 0 Å². The van der Waals surface area contributed by atoms with Crippen LogP contribution in [0, 0.1) is 6.92 Å². The second-order valence-corrected chi connectivity index (χ2v) is 9.10. The molecule has 0 unspecified atom stereocenters. The smallest absolute Gasteiger partial charge is 0.275 e. The van der Waals surface area contributed by atoms with E-state index < -0.39 is 9.84 Å². The van der Waals surface area contributed by atoms with Crippen LogP contribution in [0.4, 0.5) is 5.69 Å². The maximum absolute atomic E-state index is 12.1. The maximum Gasteiger partial charge on any atom is 0.275 e. The lowest BCUT2D eigenvalue weighted by Gasteiger charge is -2.34. The fourth-order valence-electron chi connectivity index (χ4n) is 3.57. The molecule has 0 spiro atoms. The molecule has 2 aliphatic heterocycles. The van der Waals surface area contributed by atoms with Crippen molar-refractivity contribution in [2.75, 3.05) is 49.1 Å². The fraction of sp³-hybridized carbons (Fsp3) is 0.588. The second kappa shape index (κ2) is 7.11. The van der Waals surface area contributed by atoms with E-state index in [0.717, 1.165) is 26.2 Å². The van der Waals surface area contributed by atoms with Crippen molar-refractivity contribution in [3.63, 3.8) is 0 Å². The Labute approximate surface area is 143 Å². The lowest BCUT2D eigenvalue weighted by molar-refractivity contribution is -0.892. The van der Waals surface area contributed by atoms with Crippen LogP contribution in [-0.4, -0.2) is 64.6 Å². The van der Waals surface area contributed by atoms with Crippen molar-refractivity contribution in [3.05, 3.63) is 29.8 Å². The minimum absolute atomic E-state index is 0.0311. The van der Waals surface area contributed by atoms with Crippen molar-refractivity contribution < 1.29 is 18.1 Å². The van der Waals surface area contributed by atoms with Gasteiger partial charge in [-0.15, -0.1) is 0 Å². The standard InChI is InChI=1S/C17H25N3O3S/c1-14-4-2-3-5-16(14)20-9-7-19(8-10-20)12-17(21)18-15-6-11-24(22,23)13-15/h2-5,15H,6-13H2,1H3,(H,18,21)/p+1/t15-/m0/s1. The van der Waals surface area contributed by atoms with Crippen molar-refractivity contribution >= 4 is 21.4 Å². The summed E-state index contributed by atoms with van der Waals surface area (Å²) in [4.78, 5) is 15.8. The molecule has 2 N–H and O–H groups in total. The third kappa shape index (κ3) is 4.27. The molecule has 2 heterocycles. The van der Waals surface area contributed by atoms with E-state index in [1.807, 2.05) is 6.07 Å². The molecule has 1 amide bonds. The summed E-state index contributed by atoms with van der Waals surface area (Å²) >= 11 is 0. The van der Waals surface area contributed by atoms with Gasteiger partial charge in [-0.2, -0.15) is 0 Å². The quantitative estimate of drug-likeness (QED) is 0.730. The number of sulfone groups is 1. The highest BCUT2D eigenvalue weighted by Gasteiger charge is 2.30. The van der Waals surface area contributed by atoms with E-state index in [2.05, 4.69) is 35.3 Å². The molecule has 0 aromatic heterocycles. The largest absolute Gasteiger partial charge is 0.360 e. The molecule has 2 saturated heterocycles. The third-order valence-corrected chi connectivity index (χ3v) is 6.70. The molecule has 1 atom stereocenters. The Hall–Kier alpha value is -1.60. The summed E-state index contributed by atoms with van der Waals surface area (Å²) in [6.45, 7) is 6.27. The van der Waals surface area contributed by atoms with Gasteiger partial charge in [-0.1, -0.05) is 18.2 Å². The van der Waals surface area contributed by atoms with Gasteiger partial charge in [0.25, 0.3) is 5.91 Å². The summed E-state index contributed by atoms with van der Waals surface area (Å²) in [7, 11) is -2.94. The molecule has 0 saturated carbocycles. The summed E-state index contributed by atoms with van der Waals surface area (Å²) in [5, 5.41) is 2.88. The van der Waals surface area contributed by atoms with Gasteiger partial charge in [0.15, 0.2) is 16.4 Å². The zero-order valence-electron chi connectivity index (χ0n) is 14.1. The lowest BCUT2D eigenvalue weighted by Crippen LogP contribution is -3.16. The summed E-state index contributed by atoms with van der Waals surface area (Å²) in [5.41, 5.74) is 2.55. The molecule has 3 rings (SSSR count). The number of nitrogens with zero attached hydrogens (tertiary/aromatic N) is 1. The predicted octanol–water partition coefficient (Wildman–Crippen LogP) is -0.997. The van der Waals surface area contributed by atoms with Crippen molar-refractivity contribution in [2.45, 2.75) is 19.4 Å². The van der Waals surface area contributed by atoms with Crippen LogP contribution >= 0.6 is 0 Å². The third-order valence-electron chi connectivity index (χ3n) is 4.93. The first kappa shape index (κ1) is 17.2. The summed E-state index contributed by atoms with van der Waals surface area (Å²) < 4.78 is 22.9. The number of aryl methyl sites for hydroxylation is 1. The SMILES string of the molecule is Cc1ccccc1N1CC[NH+](CC(=O)N[C@H]2CCS(=O)(=O)C2)CC1. The Balaban J connectivity index is 1.45. The average Bonchev–Trinajstić information content (AvgIpc) is 2.87. The van der Waals surface area contributed by atoms with Gasteiger partial charge < -0.3 is 15.1 Å². The predicted molar refractivity (Wildman–Crippen MR) is 94.2 cm³/mol. The Morgan fingerprint density at radius 3 is 2.62 bits per heavy atom. The number of anilines is 1. The summed E-state index contributed by atoms with van der Waals surface area (Å²) in [5.74, 6) is 0.256. The van der Waals surface area contributed by atoms with E-state index in [0.29, 0.717) is 13.0 Å².